The predicted molar refractivity (Wildman–Crippen MR) is 66.5 cm³/mol. The van der Waals surface area contributed by atoms with E-state index in [0.29, 0.717) is 18.5 Å². The summed E-state index contributed by atoms with van der Waals surface area (Å²) < 4.78 is 0. The van der Waals surface area contributed by atoms with E-state index in [0.717, 1.165) is 12.8 Å². The lowest BCUT2D eigenvalue weighted by atomic mass is 10.2. The van der Waals surface area contributed by atoms with Crippen molar-refractivity contribution in [3.63, 3.8) is 0 Å². The fraction of sp³-hybridized carbons (Fsp3) is 0.833. The number of rotatable bonds is 7. The summed E-state index contributed by atoms with van der Waals surface area (Å²) in [4.78, 5) is 24.7. The van der Waals surface area contributed by atoms with E-state index >= 15 is 0 Å². The molecule has 1 rings (SSSR count). The third-order valence-corrected chi connectivity index (χ3v) is 2.76. The number of hydrogen-bond donors (Lipinski definition) is 2. The van der Waals surface area contributed by atoms with Gasteiger partial charge in [-0.15, -0.1) is 0 Å². The van der Waals surface area contributed by atoms with E-state index in [2.05, 4.69) is 10.6 Å². The standard InChI is InChI=1S/C12H23N3O2/c1-9(2)6-14-11(16)7-13-8-12(17)15(3)10-4-5-10/h9-10,13H,4-8H2,1-3H3,(H,14,16). The normalized spacial score (nSPS) is 14.8. The van der Waals surface area contributed by atoms with Crippen molar-refractivity contribution < 1.29 is 9.59 Å². The largest absolute Gasteiger partial charge is 0.355 e. The van der Waals surface area contributed by atoms with Gasteiger partial charge in [-0.25, -0.2) is 0 Å². The Bertz CT molecular complexity index is 275. The molecule has 0 heterocycles. The van der Waals surface area contributed by atoms with Crippen LogP contribution in [0.3, 0.4) is 0 Å². The van der Waals surface area contributed by atoms with Crippen LogP contribution in [0.4, 0.5) is 0 Å². The number of amides is 2. The van der Waals surface area contributed by atoms with Crippen molar-refractivity contribution in [2.24, 2.45) is 5.92 Å². The lowest BCUT2D eigenvalue weighted by molar-refractivity contribution is -0.129. The van der Waals surface area contributed by atoms with Crippen molar-refractivity contribution >= 4 is 11.8 Å². The molecule has 2 N–H and O–H groups in total. The summed E-state index contributed by atoms with van der Waals surface area (Å²) in [5.41, 5.74) is 0. The predicted octanol–water partition coefficient (Wildman–Crippen LogP) is -0.0310. The fourth-order valence-electron chi connectivity index (χ4n) is 1.45. The molecule has 0 aromatic carbocycles. The van der Waals surface area contributed by atoms with Gasteiger partial charge in [0.15, 0.2) is 0 Å². The zero-order valence-electron chi connectivity index (χ0n) is 11.0. The van der Waals surface area contributed by atoms with Gasteiger partial charge in [0, 0.05) is 19.6 Å². The molecule has 0 aliphatic heterocycles. The third kappa shape index (κ3) is 5.68. The zero-order chi connectivity index (χ0) is 12.8. The Morgan fingerprint density at radius 3 is 2.47 bits per heavy atom. The van der Waals surface area contributed by atoms with Gasteiger partial charge >= 0.3 is 0 Å². The maximum Gasteiger partial charge on any atom is 0.236 e. The van der Waals surface area contributed by atoms with Gasteiger partial charge in [-0.3, -0.25) is 14.9 Å². The molecular weight excluding hydrogens is 218 g/mol. The molecule has 17 heavy (non-hydrogen) atoms. The molecule has 5 heteroatoms. The Hall–Kier alpha value is -1.10. The van der Waals surface area contributed by atoms with Gasteiger partial charge in [-0.05, 0) is 18.8 Å². The molecule has 2 amide bonds. The van der Waals surface area contributed by atoms with Gasteiger partial charge in [0.25, 0.3) is 0 Å². The van der Waals surface area contributed by atoms with E-state index in [1.165, 1.54) is 0 Å². The van der Waals surface area contributed by atoms with Crippen LogP contribution in [0.2, 0.25) is 0 Å². The molecule has 0 radical (unpaired) electrons. The lowest BCUT2D eigenvalue weighted by Gasteiger charge is -2.16. The van der Waals surface area contributed by atoms with E-state index in [9.17, 15) is 9.59 Å². The molecule has 0 atom stereocenters. The van der Waals surface area contributed by atoms with E-state index in [4.69, 9.17) is 0 Å². The molecule has 0 spiro atoms. The zero-order valence-corrected chi connectivity index (χ0v) is 11.0. The molecule has 0 unspecified atom stereocenters. The number of hydrogen-bond acceptors (Lipinski definition) is 3. The number of carbonyl (C=O) groups excluding carboxylic acids is 2. The Morgan fingerprint density at radius 2 is 1.94 bits per heavy atom. The highest BCUT2D eigenvalue weighted by Gasteiger charge is 2.29. The van der Waals surface area contributed by atoms with Gasteiger partial charge in [-0.2, -0.15) is 0 Å². The molecule has 0 aromatic rings. The third-order valence-electron chi connectivity index (χ3n) is 2.76. The fourth-order valence-corrected chi connectivity index (χ4v) is 1.45. The molecular formula is C12H23N3O2. The van der Waals surface area contributed by atoms with Crippen LogP contribution < -0.4 is 10.6 Å². The molecule has 0 bridgehead atoms. The minimum absolute atomic E-state index is 0.0550. The first kappa shape index (κ1) is 14.0. The van der Waals surface area contributed by atoms with E-state index in [1.54, 1.807) is 4.90 Å². The summed E-state index contributed by atoms with van der Waals surface area (Å²) in [7, 11) is 1.82. The Labute approximate surface area is 103 Å². The van der Waals surface area contributed by atoms with Crippen LogP contribution in [0.5, 0.6) is 0 Å². The molecule has 1 fully saturated rings. The van der Waals surface area contributed by atoms with Gasteiger partial charge < -0.3 is 10.2 Å². The number of likely N-dealkylation sites (N-methyl/N-ethyl adjacent to an activating group) is 1. The molecule has 1 saturated carbocycles. The van der Waals surface area contributed by atoms with E-state index in [1.807, 2.05) is 20.9 Å². The van der Waals surface area contributed by atoms with Gasteiger partial charge in [0.05, 0.1) is 13.1 Å². The topological polar surface area (TPSA) is 61.4 Å². The van der Waals surface area contributed by atoms with Crippen molar-refractivity contribution in [2.75, 3.05) is 26.7 Å². The monoisotopic (exact) mass is 241 g/mol. The van der Waals surface area contributed by atoms with Crippen LogP contribution >= 0.6 is 0 Å². The van der Waals surface area contributed by atoms with Crippen molar-refractivity contribution in [3.8, 4) is 0 Å². The average molecular weight is 241 g/mol. The minimum atomic E-state index is -0.0550. The number of nitrogens with zero attached hydrogens (tertiary/aromatic N) is 1. The smallest absolute Gasteiger partial charge is 0.236 e. The first-order chi connectivity index (χ1) is 8.00. The Balaban J connectivity index is 2.06. The van der Waals surface area contributed by atoms with Crippen molar-refractivity contribution in [2.45, 2.75) is 32.7 Å². The Morgan fingerprint density at radius 1 is 1.29 bits per heavy atom. The highest BCUT2D eigenvalue weighted by Crippen LogP contribution is 2.24. The first-order valence-electron chi connectivity index (χ1n) is 6.23. The van der Waals surface area contributed by atoms with Crippen molar-refractivity contribution in [1.29, 1.82) is 0 Å². The summed E-state index contributed by atoms with van der Waals surface area (Å²) in [5, 5.41) is 5.66. The average Bonchev–Trinajstić information content (AvgIpc) is 3.08. The highest BCUT2D eigenvalue weighted by atomic mass is 16.2. The van der Waals surface area contributed by atoms with Crippen molar-refractivity contribution in [1.82, 2.24) is 15.5 Å². The second kappa shape index (κ2) is 6.59. The maximum atomic E-state index is 11.6. The second-order valence-electron chi connectivity index (χ2n) is 5.04. The summed E-state index contributed by atoms with van der Waals surface area (Å²) in [5.74, 6) is 0.450. The van der Waals surface area contributed by atoms with Crippen LogP contribution in [0.15, 0.2) is 0 Å². The number of nitrogens with one attached hydrogen (secondary N) is 2. The number of carbonyl (C=O) groups is 2. The van der Waals surface area contributed by atoms with Crippen LogP contribution in [0.1, 0.15) is 26.7 Å². The first-order valence-corrected chi connectivity index (χ1v) is 6.23. The molecule has 1 aliphatic carbocycles. The maximum absolute atomic E-state index is 11.6. The Kier molecular flexibility index (Phi) is 5.41. The quantitative estimate of drug-likeness (QED) is 0.658. The van der Waals surface area contributed by atoms with Gasteiger partial charge in [0.2, 0.25) is 11.8 Å². The van der Waals surface area contributed by atoms with Crippen LogP contribution in [-0.2, 0) is 9.59 Å². The van der Waals surface area contributed by atoms with Crippen molar-refractivity contribution in [3.05, 3.63) is 0 Å². The van der Waals surface area contributed by atoms with Crippen LogP contribution in [0.25, 0.3) is 0 Å². The van der Waals surface area contributed by atoms with Gasteiger partial charge in [-0.1, -0.05) is 13.8 Å². The van der Waals surface area contributed by atoms with Gasteiger partial charge in [0.1, 0.15) is 0 Å². The summed E-state index contributed by atoms with van der Waals surface area (Å²) in [6.07, 6.45) is 2.22. The van der Waals surface area contributed by atoms with Crippen LogP contribution in [-0.4, -0.2) is 49.4 Å². The lowest BCUT2D eigenvalue weighted by Crippen LogP contribution is -2.41. The van der Waals surface area contributed by atoms with Crippen LogP contribution in [0, 0.1) is 5.92 Å². The SMILES string of the molecule is CC(C)CNC(=O)CNCC(=O)N(C)C1CC1. The van der Waals surface area contributed by atoms with E-state index in [-0.39, 0.29) is 24.9 Å². The van der Waals surface area contributed by atoms with E-state index < -0.39 is 0 Å². The molecule has 98 valence electrons. The summed E-state index contributed by atoms with van der Waals surface area (Å²) >= 11 is 0. The second-order valence-corrected chi connectivity index (χ2v) is 5.04. The summed E-state index contributed by atoms with van der Waals surface area (Å²) in [6, 6.07) is 0.430. The highest BCUT2D eigenvalue weighted by molar-refractivity contribution is 5.81. The summed E-state index contributed by atoms with van der Waals surface area (Å²) in [6.45, 7) is 5.21. The molecule has 0 saturated heterocycles. The molecule has 1 aliphatic rings. The molecule has 0 aromatic heterocycles. The molecule has 5 nitrogen and oxygen atoms in total. The minimum Gasteiger partial charge on any atom is -0.355 e.